The number of likely N-dealkylation sites (tertiary alicyclic amines) is 1. The fraction of sp³-hybridized carbons (Fsp3) is 0.778. The Hall–Kier alpha value is -0.840. The van der Waals surface area contributed by atoms with E-state index in [0.29, 0.717) is 6.04 Å². The number of nitrogens with zero attached hydrogens (tertiary/aromatic N) is 2. The van der Waals surface area contributed by atoms with Crippen LogP contribution in [0, 0.1) is 5.92 Å². The molecule has 1 spiro atoms. The van der Waals surface area contributed by atoms with Gasteiger partial charge in [0.15, 0.2) is 0 Å². The lowest BCUT2D eigenvalue weighted by Crippen LogP contribution is -2.45. The lowest BCUT2D eigenvalue weighted by molar-refractivity contribution is -0.0444. The molecule has 4 nitrogen and oxygen atoms in total. The van der Waals surface area contributed by atoms with Crippen LogP contribution in [0.5, 0.6) is 0 Å². The van der Waals surface area contributed by atoms with Crippen molar-refractivity contribution in [2.75, 3.05) is 33.3 Å². The summed E-state index contributed by atoms with van der Waals surface area (Å²) < 4.78 is 11.8. The van der Waals surface area contributed by atoms with Crippen molar-refractivity contribution in [3.8, 4) is 0 Å². The minimum absolute atomic E-state index is 0.155. The summed E-state index contributed by atoms with van der Waals surface area (Å²) in [6.45, 7) is 5.54. The predicted molar refractivity (Wildman–Crippen MR) is 85.7 cm³/mol. The quantitative estimate of drug-likeness (QED) is 0.836. The molecule has 3 heterocycles. The standard InChI is InChI=1S/C18H28N2O2/c1-19(13-17-3-2-10-21-17)16-11-18(22-14-16)6-8-20(9-7-18)12-15-4-5-15/h2-3,10,15-16H,4-9,11-14H2,1H3/t16-/m1/s1. The van der Waals surface area contributed by atoms with E-state index in [-0.39, 0.29) is 5.60 Å². The molecule has 22 heavy (non-hydrogen) atoms. The lowest BCUT2D eigenvalue weighted by atomic mass is 9.87. The Kier molecular flexibility index (Phi) is 4.01. The first-order valence-electron chi connectivity index (χ1n) is 8.81. The minimum Gasteiger partial charge on any atom is -0.468 e. The maximum atomic E-state index is 6.30. The van der Waals surface area contributed by atoms with Crippen LogP contribution in [0.4, 0.5) is 0 Å². The smallest absolute Gasteiger partial charge is 0.117 e. The summed E-state index contributed by atoms with van der Waals surface area (Å²) in [4.78, 5) is 5.05. The van der Waals surface area contributed by atoms with E-state index in [1.807, 2.05) is 6.07 Å². The van der Waals surface area contributed by atoms with Gasteiger partial charge in [0, 0.05) is 25.7 Å². The van der Waals surface area contributed by atoms with Gasteiger partial charge in [-0.15, -0.1) is 0 Å². The molecule has 3 fully saturated rings. The number of hydrogen-bond acceptors (Lipinski definition) is 4. The van der Waals surface area contributed by atoms with Crippen LogP contribution in [0.1, 0.15) is 37.9 Å². The molecule has 0 amide bonds. The normalized spacial score (nSPS) is 28.7. The van der Waals surface area contributed by atoms with E-state index < -0.39 is 0 Å². The number of rotatable bonds is 5. The molecule has 4 rings (SSSR count). The third-order valence-corrected chi connectivity index (χ3v) is 5.78. The highest BCUT2D eigenvalue weighted by Crippen LogP contribution is 2.39. The van der Waals surface area contributed by atoms with E-state index >= 15 is 0 Å². The molecule has 2 aliphatic heterocycles. The van der Waals surface area contributed by atoms with Gasteiger partial charge in [0.2, 0.25) is 0 Å². The summed E-state index contributed by atoms with van der Waals surface area (Å²) in [5.74, 6) is 2.05. The molecule has 1 aromatic heterocycles. The molecule has 1 aliphatic carbocycles. The number of ether oxygens (including phenoxy) is 1. The molecule has 1 atom stereocenters. The molecule has 3 aliphatic rings. The Balaban J connectivity index is 1.28. The lowest BCUT2D eigenvalue weighted by Gasteiger charge is -2.39. The Morgan fingerprint density at radius 2 is 2.14 bits per heavy atom. The molecular formula is C18H28N2O2. The van der Waals surface area contributed by atoms with Crippen LogP contribution in [0.2, 0.25) is 0 Å². The van der Waals surface area contributed by atoms with Crippen molar-refractivity contribution in [2.45, 2.75) is 50.3 Å². The van der Waals surface area contributed by atoms with Crippen molar-refractivity contribution < 1.29 is 9.15 Å². The second-order valence-corrected chi connectivity index (χ2v) is 7.59. The number of furan rings is 1. The highest BCUT2D eigenvalue weighted by Gasteiger charge is 2.44. The van der Waals surface area contributed by atoms with Crippen molar-refractivity contribution in [3.63, 3.8) is 0 Å². The van der Waals surface area contributed by atoms with Crippen molar-refractivity contribution in [2.24, 2.45) is 5.92 Å². The van der Waals surface area contributed by atoms with Gasteiger partial charge in [-0.2, -0.15) is 0 Å². The maximum Gasteiger partial charge on any atom is 0.117 e. The first-order chi connectivity index (χ1) is 10.7. The van der Waals surface area contributed by atoms with Crippen molar-refractivity contribution >= 4 is 0 Å². The largest absolute Gasteiger partial charge is 0.468 e. The fourth-order valence-electron chi connectivity index (χ4n) is 4.04. The summed E-state index contributed by atoms with van der Waals surface area (Å²) in [7, 11) is 2.19. The fourth-order valence-corrected chi connectivity index (χ4v) is 4.04. The number of hydrogen-bond donors (Lipinski definition) is 0. The Morgan fingerprint density at radius 1 is 1.32 bits per heavy atom. The van der Waals surface area contributed by atoms with Crippen molar-refractivity contribution in [1.82, 2.24) is 9.80 Å². The van der Waals surface area contributed by atoms with E-state index in [1.54, 1.807) is 6.26 Å². The van der Waals surface area contributed by atoms with E-state index in [1.165, 1.54) is 51.7 Å². The van der Waals surface area contributed by atoms with Crippen LogP contribution >= 0.6 is 0 Å². The molecule has 2 saturated heterocycles. The summed E-state index contributed by atoms with van der Waals surface area (Å²) >= 11 is 0. The molecule has 1 saturated carbocycles. The Labute approximate surface area is 133 Å². The molecular weight excluding hydrogens is 276 g/mol. The predicted octanol–water partition coefficient (Wildman–Crippen LogP) is 2.74. The van der Waals surface area contributed by atoms with Crippen LogP contribution in [0.25, 0.3) is 0 Å². The first kappa shape index (κ1) is 14.7. The topological polar surface area (TPSA) is 28.9 Å². The van der Waals surface area contributed by atoms with Gasteiger partial charge in [0.25, 0.3) is 0 Å². The molecule has 122 valence electrons. The summed E-state index contributed by atoms with van der Waals surface area (Å²) in [5, 5.41) is 0. The Morgan fingerprint density at radius 3 is 2.82 bits per heavy atom. The molecule has 4 heteroatoms. The van der Waals surface area contributed by atoms with Crippen LogP contribution < -0.4 is 0 Å². The third-order valence-electron chi connectivity index (χ3n) is 5.78. The van der Waals surface area contributed by atoms with Crippen LogP contribution in [0.15, 0.2) is 22.8 Å². The summed E-state index contributed by atoms with van der Waals surface area (Å²) in [6, 6.07) is 4.55. The molecule has 0 N–H and O–H groups in total. The molecule has 0 unspecified atom stereocenters. The van der Waals surface area contributed by atoms with Gasteiger partial charge >= 0.3 is 0 Å². The maximum absolute atomic E-state index is 6.30. The monoisotopic (exact) mass is 304 g/mol. The van der Waals surface area contributed by atoms with Gasteiger partial charge in [-0.1, -0.05) is 0 Å². The average molecular weight is 304 g/mol. The highest BCUT2D eigenvalue weighted by molar-refractivity contribution is 5.01. The minimum atomic E-state index is 0.155. The molecule has 0 radical (unpaired) electrons. The summed E-state index contributed by atoms with van der Waals surface area (Å²) in [5.41, 5.74) is 0.155. The van der Waals surface area contributed by atoms with Gasteiger partial charge in [-0.25, -0.2) is 0 Å². The van der Waals surface area contributed by atoms with Crippen LogP contribution in [-0.4, -0.2) is 54.7 Å². The molecule has 0 aromatic carbocycles. The second-order valence-electron chi connectivity index (χ2n) is 7.59. The van der Waals surface area contributed by atoms with Crippen LogP contribution in [0.3, 0.4) is 0 Å². The van der Waals surface area contributed by atoms with Gasteiger partial charge in [-0.3, -0.25) is 4.90 Å². The van der Waals surface area contributed by atoms with E-state index in [9.17, 15) is 0 Å². The first-order valence-corrected chi connectivity index (χ1v) is 8.81. The highest BCUT2D eigenvalue weighted by atomic mass is 16.5. The zero-order valence-corrected chi connectivity index (χ0v) is 13.7. The summed E-state index contributed by atoms with van der Waals surface area (Å²) in [6.07, 6.45) is 8.28. The molecule has 1 aromatic rings. The molecule has 0 bridgehead atoms. The SMILES string of the molecule is CN(Cc1ccco1)[C@H]1COC2(CCN(CC3CC3)CC2)C1. The average Bonchev–Trinajstić information content (AvgIpc) is 3.02. The second kappa shape index (κ2) is 5.99. The zero-order chi connectivity index (χ0) is 15.0. The third kappa shape index (κ3) is 3.24. The van der Waals surface area contributed by atoms with Gasteiger partial charge < -0.3 is 14.1 Å². The van der Waals surface area contributed by atoms with E-state index in [0.717, 1.165) is 24.8 Å². The Bertz CT molecular complexity index is 475. The number of piperidine rings is 1. The van der Waals surface area contributed by atoms with Crippen molar-refractivity contribution in [1.29, 1.82) is 0 Å². The van der Waals surface area contributed by atoms with Gasteiger partial charge in [0.05, 0.1) is 25.0 Å². The van der Waals surface area contributed by atoms with E-state index in [2.05, 4.69) is 22.9 Å². The number of likely N-dealkylation sites (N-methyl/N-ethyl adjacent to an activating group) is 1. The van der Waals surface area contributed by atoms with Crippen LogP contribution in [-0.2, 0) is 11.3 Å². The van der Waals surface area contributed by atoms with Gasteiger partial charge in [0.1, 0.15) is 5.76 Å². The van der Waals surface area contributed by atoms with E-state index in [4.69, 9.17) is 9.15 Å². The zero-order valence-electron chi connectivity index (χ0n) is 13.7. The van der Waals surface area contributed by atoms with Crippen molar-refractivity contribution in [3.05, 3.63) is 24.2 Å². The van der Waals surface area contributed by atoms with Gasteiger partial charge in [-0.05, 0) is 57.2 Å².